The number of nitrogens with one attached hydrogen (secondary N) is 2. The molecule has 6 nitrogen and oxygen atoms in total. The van der Waals surface area contributed by atoms with Crippen molar-refractivity contribution in [2.75, 3.05) is 7.11 Å². The number of ether oxygens (including phenoxy) is 1. The lowest BCUT2D eigenvalue weighted by Gasteiger charge is -2.33. The number of nitrogens with zero attached hydrogens (tertiary/aromatic N) is 1. The molecule has 7 heteroatoms. The van der Waals surface area contributed by atoms with Gasteiger partial charge in [-0.3, -0.25) is 9.59 Å². The average Bonchev–Trinajstić information content (AvgIpc) is 3.14. The van der Waals surface area contributed by atoms with Crippen LogP contribution in [-0.2, 0) is 30.6 Å². The van der Waals surface area contributed by atoms with Crippen LogP contribution in [0, 0.1) is 11.3 Å². The number of H-pyrrole nitrogens is 1. The summed E-state index contributed by atoms with van der Waals surface area (Å²) < 4.78 is 5.15. The van der Waals surface area contributed by atoms with Crippen molar-refractivity contribution in [3.63, 3.8) is 0 Å². The molecule has 2 N–H and O–H groups in total. The first-order valence-corrected chi connectivity index (χ1v) is 12.0. The van der Waals surface area contributed by atoms with Gasteiger partial charge in [0.2, 0.25) is 5.91 Å². The molecule has 1 amide bonds. The summed E-state index contributed by atoms with van der Waals surface area (Å²) in [7, 11) is 1.63. The topological polar surface area (TPSA) is 84.1 Å². The molecule has 1 atom stereocenters. The van der Waals surface area contributed by atoms with Crippen molar-refractivity contribution in [1.29, 1.82) is 0 Å². The molecule has 1 aromatic carbocycles. The highest BCUT2D eigenvalue weighted by Crippen LogP contribution is 2.41. The molecule has 0 radical (unpaired) electrons. The molecule has 3 aromatic rings. The normalized spacial score (nSPS) is 16.1. The summed E-state index contributed by atoms with van der Waals surface area (Å²) in [6.07, 6.45) is 3.75. The highest BCUT2D eigenvalue weighted by Gasteiger charge is 2.31. The van der Waals surface area contributed by atoms with Gasteiger partial charge in [-0.1, -0.05) is 32.9 Å². The quantitative estimate of drug-likeness (QED) is 0.580. The number of carbonyl (C=O) groups is 1. The number of hydrogen-bond acceptors (Lipinski definition) is 5. The summed E-state index contributed by atoms with van der Waals surface area (Å²) in [6, 6.07) is 7.59. The van der Waals surface area contributed by atoms with E-state index in [4.69, 9.17) is 9.72 Å². The van der Waals surface area contributed by atoms with E-state index >= 15 is 0 Å². The molecule has 2 aromatic heterocycles. The Morgan fingerprint density at radius 2 is 2.03 bits per heavy atom. The second-order valence-corrected chi connectivity index (χ2v) is 10.7. The first kappa shape index (κ1) is 22.5. The van der Waals surface area contributed by atoms with Crippen molar-refractivity contribution in [3.8, 4) is 5.75 Å². The number of amides is 1. The molecule has 32 heavy (non-hydrogen) atoms. The minimum atomic E-state index is -0.0738. The highest BCUT2D eigenvalue weighted by atomic mass is 32.1. The molecule has 0 bridgehead atoms. The van der Waals surface area contributed by atoms with Gasteiger partial charge >= 0.3 is 0 Å². The highest BCUT2D eigenvalue weighted by molar-refractivity contribution is 7.18. The van der Waals surface area contributed by atoms with Crippen LogP contribution >= 0.6 is 11.3 Å². The van der Waals surface area contributed by atoms with Crippen LogP contribution in [0.4, 0.5) is 0 Å². The van der Waals surface area contributed by atoms with E-state index in [-0.39, 0.29) is 23.3 Å². The fourth-order valence-electron chi connectivity index (χ4n) is 4.35. The fourth-order valence-corrected chi connectivity index (χ4v) is 5.67. The average molecular weight is 454 g/mol. The molecule has 0 saturated heterocycles. The molecular weight excluding hydrogens is 422 g/mol. The lowest BCUT2D eigenvalue weighted by molar-refractivity contribution is -0.121. The summed E-state index contributed by atoms with van der Waals surface area (Å²) in [6.45, 7) is 7.33. The Hall–Kier alpha value is -2.67. The van der Waals surface area contributed by atoms with E-state index in [0.717, 1.165) is 40.8 Å². The molecule has 2 heterocycles. The molecular formula is C25H31N3O3S. The molecule has 4 rings (SSSR count). The number of rotatable bonds is 6. The number of aryl methyl sites for hydroxylation is 2. The fraction of sp³-hybridized carbons (Fsp3) is 0.480. The van der Waals surface area contributed by atoms with Crippen LogP contribution in [0.3, 0.4) is 0 Å². The van der Waals surface area contributed by atoms with Crippen molar-refractivity contribution < 1.29 is 9.53 Å². The van der Waals surface area contributed by atoms with Crippen LogP contribution in [-0.4, -0.2) is 23.0 Å². The van der Waals surface area contributed by atoms with Gasteiger partial charge in [0.05, 0.1) is 12.5 Å². The Balaban J connectivity index is 1.40. The zero-order valence-electron chi connectivity index (χ0n) is 19.2. The second kappa shape index (κ2) is 9.06. The van der Waals surface area contributed by atoms with E-state index in [2.05, 4.69) is 31.1 Å². The smallest absolute Gasteiger partial charge is 0.259 e. The largest absolute Gasteiger partial charge is 0.497 e. The summed E-state index contributed by atoms with van der Waals surface area (Å²) in [4.78, 5) is 34.9. The number of thiophene rings is 1. The number of fused-ring (bicyclic) bond motifs is 3. The van der Waals surface area contributed by atoms with Crippen LogP contribution in [0.25, 0.3) is 10.2 Å². The third kappa shape index (κ3) is 4.88. The van der Waals surface area contributed by atoms with Crippen molar-refractivity contribution in [1.82, 2.24) is 15.3 Å². The third-order valence-electron chi connectivity index (χ3n) is 6.43. The molecule has 0 fully saturated rings. The first-order chi connectivity index (χ1) is 15.2. The van der Waals surface area contributed by atoms with Crippen LogP contribution in [0.15, 0.2) is 29.1 Å². The van der Waals surface area contributed by atoms with Crippen LogP contribution in [0.1, 0.15) is 55.4 Å². The molecule has 0 unspecified atom stereocenters. The first-order valence-electron chi connectivity index (χ1n) is 11.2. The predicted octanol–water partition coefficient (Wildman–Crippen LogP) is 4.39. The monoisotopic (exact) mass is 453 g/mol. The molecule has 170 valence electrons. The third-order valence-corrected chi connectivity index (χ3v) is 7.58. The number of benzene rings is 1. The minimum absolute atomic E-state index is 0.0675. The Bertz CT molecular complexity index is 1170. The minimum Gasteiger partial charge on any atom is -0.497 e. The van der Waals surface area contributed by atoms with Crippen molar-refractivity contribution in [2.45, 2.75) is 59.4 Å². The maximum atomic E-state index is 12.8. The van der Waals surface area contributed by atoms with E-state index in [9.17, 15) is 9.59 Å². The molecule has 0 spiro atoms. The SMILES string of the molecule is COc1ccc(CNC(=O)CCc2nc3sc4c(c3c(=O)[nH]2)CC[C@@H](C(C)(C)C)C4)cc1. The van der Waals surface area contributed by atoms with Crippen molar-refractivity contribution in [2.24, 2.45) is 11.3 Å². The van der Waals surface area contributed by atoms with E-state index in [1.54, 1.807) is 18.4 Å². The maximum Gasteiger partial charge on any atom is 0.259 e. The van der Waals surface area contributed by atoms with Crippen LogP contribution < -0.4 is 15.6 Å². The molecule has 0 aliphatic heterocycles. The van der Waals surface area contributed by atoms with Gasteiger partial charge in [0.1, 0.15) is 16.4 Å². The molecule has 0 saturated carbocycles. The zero-order valence-corrected chi connectivity index (χ0v) is 20.0. The number of hydrogen-bond donors (Lipinski definition) is 2. The van der Waals surface area contributed by atoms with E-state index < -0.39 is 0 Å². The Morgan fingerprint density at radius 1 is 1.28 bits per heavy atom. The summed E-state index contributed by atoms with van der Waals surface area (Å²) in [5.74, 6) is 1.92. The Kier molecular flexibility index (Phi) is 6.38. The standard InChI is InChI=1S/C25H31N3O3S/c1-25(2,3)16-7-10-18-19(13-16)32-24-22(18)23(30)27-20(28-24)11-12-21(29)26-14-15-5-8-17(31-4)9-6-15/h5-6,8-9,16H,7,10-14H2,1-4H3,(H,26,29)(H,27,28,30)/t16-/m1/s1. The van der Waals surface area contributed by atoms with Gasteiger partial charge in [0, 0.05) is 24.3 Å². The summed E-state index contributed by atoms with van der Waals surface area (Å²) >= 11 is 1.65. The Labute approximate surface area is 192 Å². The van der Waals surface area contributed by atoms with Gasteiger partial charge in [0.15, 0.2) is 0 Å². The van der Waals surface area contributed by atoms with Crippen molar-refractivity contribution >= 4 is 27.5 Å². The molecule has 1 aliphatic carbocycles. The molecule has 1 aliphatic rings. The van der Waals surface area contributed by atoms with Crippen LogP contribution in [0.2, 0.25) is 0 Å². The second-order valence-electron chi connectivity index (χ2n) is 9.63. The van der Waals surface area contributed by atoms with Crippen LogP contribution in [0.5, 0.6) is 5.75 Å². The zero-order chi connectivity index (χ0) is 22.9. The lowest BCUT2D eigenvalue weighted by Crippen LogP contribution is -2.26. The van der Waals surface area contributed by atoms with Crippen molar-refractivity contribution in [3.05, 3.63) is 56.4 Å². The van der Waals surface area contributed by atoms with Gasteiger partial charge < -0.3 is 15.0 Å². The maximum absolute atomic E-state index is 12.8. The number of carbonyl (C=O) groups excluding carboxylic acids is 1. The van der Waals surface area contributed by atoms with Gasteiger partial charge in [0.25, 0.3) is 5.56 Å². The predicted molar refractivity (Wildman–Crippen MR) is 128 cm³/mol. The van der Waals surface area contributed by atoms with E-state index in [1.807, 2.05) is 24.3 Å². The number of aromatic amines is 1. The van der Waals surface area contributed by atoms with Gasteiger partial charge in [-0.25, -0.2) is 4.98 Å². The van der Waals surface area contributed by atoms with E-state index in [0.29, 0.717) is 24.7 Å². The number of methoxy groups -OCH3 is 1. The van der Waals surface area contributed by atoms with Gasteiger partial charge in [-0.15, -0.1) is 11.3 Å². The summed E-state index contributed by atoms with van der Waals surface area (Å²) in [5, 5.41) is 3.67. The lowest BCUT2D eigenvalue weighted by atomic mass is 9.72. The van der Waals surface area contributed by atoms with Gasteiger partial charge in [-0.2, -0.15) is 0 Å². The Morgan fingerprint density at radius 3 is 2.72 bits per heavy atom. The van der Waals surface area contributed by atoms with Gasteiger partial charge in [-0.05, 0) is 53.9 Å². The summed E-state index contributed by atoms with van der Waals surface area (Å²) in [5.41, 5.74) is 2.38. The van der Waals surface area contributed by atoms with E-state index in [1.165, 1.54) is 10.4 Å². The number of aromatic nitrogens is 2.